The van der Waals surface area contributed by atoms with Crippen LogP contribution in [0.5, 0.6) is 0 Å². The number of amides is 2. The van der Waals surface area contributed by atoms with Crippen molar-refractivity contribution in [3.05, 3.63) is 46.6 Å². The van der Waals surface area contributed by atoms with Crippen LogP contribution < -0.4 is 5.32 Å². The summed E-state index contributed by atoms with van der Waals surface area (Å²) in [5.41, 5.74) is 2.67. The smallest absolute Gasteiger partial charge is 0.276 e. The quantitative estimate of drug-likeness (QED) is 0.435. The Morgan fingerprint density at radius 3 is 2.62 bits per heavy atom. The largest absolute Gasteiger partial charge is 0.343 e. The second kappa shape index (κ2) is 8.54. The lowest BCUT2D eigenvalue weighted by Crippen LogP contribution is -2.26. The number of aryl methyl sites for hydroxylation is 2. The van der Waals surface area contributed by atoms with Crippen molar-refractivity contribution in [2.45, 2.75) is 26.9 Å². The SMILES string of the molecule is CCn1cc(Br)c(-c2ccnc3cc(C(=O)Nc4cnn(CC)c4C(=O)N(C)C)nn23)n1. The molecular weight excluding hydrogens is 478 g/mol. The number of anilines is 1. The second-order valence-electron chi connectivity index (χ2n) is 7.19. The number of nitrogens with zero attached hydrogens (tertiary/aromatic N) is 8. The van der Waals surface area contributed by atoms with Gasteiger partial charge in [0.05, 0.1) is 22.1 Å². The summed E-state index contributed by atoms with van der Waals surface area (Å²) in [7, 11) is 3.29. The first kappa shape index (κ1) is 21.7. The van der Waals surface area contributed by atoms with Gasteiger partial charge in [-0.2, -0.15) is 15.3 Å². The third kappa shape index (κ3) is 3.77. The molecule has 12 heteroatoms. The van der Waals surface area contributed by atoms with Gasteiger partial charge in [0.25, 0.3) is 11.8 Å². The molecule has 0 aliphatic rings. The van der Waals surface area contributed by atoms with Crippen molar-refractivity contribution in [1.82, 2.24) is 39.1 Å². The van der Waals surface area contributed by atoms with Crippen LogP contribution in [0.25, 0.3) is 17.0 Å². The molecule has 0 aromatic carbocycles. The molecule has 0 spiro atoms. The Kier molecular flexibility index (Phi) is 5.78. The summed E-state index contributed by atoms with van der Waals surface area (Å²) < 4.78 is 5.73. The van der Waals surface area contributed by atoms with Gasteiger partial charge < -0.3 is 10.2 Å². The molecule has 0 atom stereocenters. The highest BCUT2D eigenvalue weighted by Gasteiger charge is 2.23. The summed E-state index contributed by atoms with van der Waals surface area (Å²) in [4.78, 5) is 31.3. The van der Waals surface area contributed by atoms with E-state index in [4.69, 9.17) is 0 Å². The van der Waals surface area contributed by atoms with E-state index in [1.54, 1.807) is 46.3 Å². The first-order valence-corrected chi connectivity index (χ1v) is 10.8. The van der Waals surface area contributed by atoms with Crippen LogP contribution in [0.2, 0.25) is 0 Å². The maximum absolute atomic E-state index is 13.0. The molecule has 0 saturated carbocycles. The monoisotopic (exact) mass is 499 g/mol. The predicted octanol–water partition coefficient (Wildman–Crippen LogP) is 2.55. The summed E-state index contributed by atoms with van der Waals surface area (Å²) in [5.74, 6) is -0.724. The van der Waals surface area contributed by atoms with Crippen molar-refractivity contribution < 1.29 is 9.59 Å². The van der Waals surface area contributed by atoms with Crippen LogP contribution >= 0.6 is 15.9 Å². The van der Waals surface area contributed by atoms with E-state index >= 15 is 0 Å². The van der Waals surface area contributed by atoms with Crippen LogP contribution in [-0.2, 0) is 13.1 Å². The molecule has 0 fully saturated rings. The highest BCUT2D eigenvalue weighted by atomic mass is 79.9. The van der Waals surface area contributed by atoms with Crippen molar-refractivity contribution in [1.29, 1.82) is 0 Å². The van der Waals surface area contributed by atoms with Crippen LogP contribution in [-0.4, -0.2) is 65.0 Å². The maximum atomic E-state index is 13.0. The zero-order valence-electron chi connectivity index (χ0n) is 18.1. The van der Waals surface area contributed by atoms with Gasteiger partial charge in [-0.05, 0) is 35.8 Å². The molecule has 32 heavy (non-hydrogen) atoms. The van der Waals surface area contributed by atoms with Crippen LogP contribution in [0.4, 0.5) is 5.69 Å². The Morgan fingerprint density at radius 1 is 1.19 bits per heavy atom. The van der Waals surface area contributed by atoms with Gasteiger partial charge in [-0.15, -0.1) is 0 Å². The number of hydrogen-bond donors (Lipinski definition) is 1. The van der Waals surface area contributed by atoms with E-state index in [0.29, 0.717) is 35.0 Å². The minimum atomic E-state index is -0.469. The van der Waals surface area contributed by atoms with Crippen molar-refractivity contribution in [3.8, 4) is 11.4 Å². The normalized spacial score (nSPS) is 11.2. The fraction of sp³-hybridized carbons (Fsp3) is 0.300. The van der Waals surface area contributed by atoms with Crippen molar-refractivity contribution in [3.63, 3.8) is 0 Å². The van der Waals surface area contributed by atoms with Gasteiger partial charge in [0, 0.05) is 45.6 Å². The van der Waals surface area contributed by atoms with Crippen molar-refractivity contribution >= 4 is 39.1 Å². The maximum Gasteiger partial charge on any atom is 0.276 e. The molecule has 0 unspecified atom stereocenters. The van der Waals surface area contributed by atoms with Crippen LogP contribution in [0.15, 0.2) is 35.2 Å². The molecule has 0 radical (unpaired) electrons. The minimum Gasteiger partial charge on any atom is -0.343 e. The lowest BCUT2D eigenvalue weighted by molar-refractivity contribution is 0.0816. The Labute approximate surface area is 192 Å². The summed E-state index contributed by atoms with van der Waals surface area (Å²) >= 11 is 3.53. The van der Waals surface area contributed by atoms with Crippen molar-refractivity contribution in [2.24, 2.45) is 0 Å². The number of nitrogens with one attached hydrogen (secondary N) is 1. The standard InChI is InChI=1S/C20H22BrN9O2/c1-5-28-11-12(21)17(26-28)15-7-8-22-16-9-13(25-30(15)16)19(31)24-14-10-23-29(6-2)18(14)20(32)27(3)4/h7-11H,5-6H2,1-4H3,(H,24,31). The molecule has 4 aromatic heterocycles. The molecule has 0 saturated heterocycles. The summed E-state index contributed by atoms with van der Waals surface area (Å²) in [6, 6.07) is 3.37. The van der Waals surface area contributed by atoms with Gasteiger partial charge in [-0.1, -0.05) is 0 Å². The molecule has 1 N–H and O–H groups in total. The fourth-order valence-corrected chi connectivity index (χ4v) is 3.78. The van der Waals surface area contributed by atoms with Crippen LogP contribution in [0.3, 0.4) is 0 Å². The van der Waals surface area contributed by atoms with Crippen molar-refractivity contribution in [2.75, 3.05) is 19.4 Å². The third-order valence-corrected chi connectivity index (χ3v) is 5.45. The van der Waals surface area contributed by atoms with E-state index < -0.39 is 5.91 Å². The van der Waals surface area contributed by atoms with Gasteiger partial charge in [0.15, 0.2) is 11.3 Å². The Balaban J connectivity index is 1.70. The summed E-state index contributed by atoms with van der Waals surface area (Å²) in [6.45, 7) is 5.08. The number of halogens is 1. The van der Waals surface area contributed by atoms with E-state index in [-0.39, 0.29) is 11.6 Å². The minimum absolute atomic E-state index is 0.156. The molecule has 11 nitrogen and oxygen atoms in total. The number of hydrogen-bond acceptors (Lipinski definition) is 6. The first-order valence-electron chi connectivity index (χ1n) is 10.0. The Morgan fingerprint density at radius 2 is 1.97 bits per heavy atom. The van der Waals surface area contributed by atoms with Crippen LogP contribution in [0.1, 0.15) is 34.8 Å². The average molecular weight is 500 g/mol. The van der Waals surface area contributed by atoms with Gasteiger partial charge in [-0.25, -0.2) is 9.50 Å². The van der Waals surface area contributed by atoms with E-state index in [0.717, 1.165) is 11.0 Å². The summed E-state index contributed by atoms with van der Waals surface area (Å²) in [5, 5.41) is 16.0. The van der Waals surface area contributed by atoms with E-state index in [2.05, 4.69) is 41.5 Å². The molecule has 0 aliphatic carbocycles. The topological polar surface area (TPSA) is 115 Å². The van der Waals surface area contributed by atoms with Gasteiger partial charge in [-0.3, -0.25) is 19.0 Å². The Bertz CT molecular complexity index is 1320. The molecule has 166 valence electrons. The predicted molar refractivity (Wildman–Crippen MR) is 121 cm³/mol. The zero-order valence-corrected chi connectivity index (χ0v) is 19.7. The molecule has 0 aliphatic heterocycles. The number of fused-ring (bicyclic) bond motifs is 1. The highest BCUT2D eigenvalue weighted by molar-refractivity contribution is 9.10. The van der Waals surface area contributed by atoms with Crippen LogP contribution in [0, 0.1) is 0 Å². The van der Waals surface area contributed by atoms with Gasteiger partial charge >= 0.3 is 0 Å². The average Bonchev–Trinajstić information content (AvgIpc) is 3.48. The Hall–Kier alpha value is -3.54. The van der Waals surface area contributed by atoms with E-state index in [1.165, 1.54) is 11.1 Å². The lowest BCUT2D eigenvalue weighted by Gasteiger charge is -2.13. The molecular formula is C20H22BrN9O2. The molecule has 4 rings (SSSR count). The van der Waals surface area contributed by atoms with E-state index in [9.17, 15) is 9.59 Å². The van der Waals surface area contributed by atoms with Gasteiger partial charge in [0.2, 0.25) is 0 Å². The number of rotatable bonds is 6. The molecule has 2 amide bonds. The number of carbonyl (C=O) groups is 2. The summed E-state index contributed by atoms with van der Waals surface area (Å²) in [6.07, 6.45) is 4.99. The highest BCUT2D eigenvalue weighted by Crippen LogP contribution is 2.27. The fourth-order valence-electron chi connectivity index (χ4n) is 3.26. The lowest BCUT2D eigenvalue weighted by atomic mass is 10.3. The van der Waals surface area contributed by atoms with Gasteiger partial charge in [0.1, 0.15) is 11.4 Å². The number of carbonyl (C=O) groups excluding carboxylic acids is 2. The molecule has 0 bridgehead atoms. The first-order chi connectivity index (χ1) is 15.3. The zero-order chi connectivity index (χ0) is 23.0. The molecule has 4 heterocycles. The second-order valence-corrected chi connectivity index (χ2v) is 8.04. The van der Waals surface area contributed by atoms with E-state index in [1.807, 2.05) is 20.0 Å². The molecule has 4 aromatic rings. The number of aromatic nitrogens is 7. The third-order valence-electron chi connectivity index (χ3n) is 4.87.